The number of hydrogen-bond acceptors (Lipinski definition) is 6. The smallest absolute Gasteiger partial charge is 0.261 e. The van der Waals surface area contributed by atoms with Crippen LogP contribution < -0.4 is 10.5 Å². The van der Waals surface area contributed by atoms with Crippen molar-refractivity contribution in [3.63, 3.8) is 0 Å². The molecule has 0 aliphatic carbocycles. The highest BCUT2D eigenvalue weighted by molar-refractivity contribution is 5.77. The fourth-order valence-electron chi connectivity index (χ4n) is 2.95. The molecule has 7 nitrogen and oxygen atoms in total. The molecule has 0 spiro atoms. The lowest BCUT2D eigenvalue weighted by Gasteiger charge is -2.32. The van der Waals surface area contributed by atoms with E-state index in [1.165, 1.54) is 0 Å². The van der Waals surface area contributed by atoms with E-state index in [-0.39, 0.29) is 5.56 Å². The van der Waals surface area contributed by atoms with Gasteiger partial charge >= 0.3 is 0 Å². The zero-order chi connectivity index (χ0) is 17.1. The van der Waals surface area contributed by atoms with Gasteiger partial charge in [0, 0.05) is 45.1 Å². The van der Waals surface area contributed by atoms with E-state index < -0.39 is 0 Å². The van der Waals surface area contributed by atoms with E-state index in [0.29, 0.717) is 11.9 Å². The van der Waals surface area contributed by atoms with Crippen molar-refractivity contribution in [2.24, 2.45) is 0 Å². The lowest BCUT2D eigenvalue weighted by molar-refractivity contribution is 0.311. The SMILES string of the molecule is CN(C)CCCn1ccc2nc(N3CCN(C)CC3)ncc2c1=O. The van der Waals surface area contributed by atoms with Gasteiger partial charge in [-0.25, -0.2) is 9.97 Å². The van der Waals surface area contributed by atoms with Gasteiger partial charge in [0.05, 0.1) is 10.9 Å². The maximum atomic E-state index is 12.6. The number of aromatic nitrogens is 3. The van der Waals surface area contributed by atoms with Crippen molar-refractivity contribution < 1.29 is 0 Å². The zero-order valence-corrected chi connectivity index (χ0v) is 14.8. The fourth-order valence-corrected chi connectivity index (χ4v) is 2.95. The molecule has 0 bridgehead atoms. The second kappa shape index (κ2) is 7.27. The first kappa shape index (κ1) is 16.9. The van der Waals surface area contributed by atoms with Crippen LogP contribution in [0.2, 0.25) is 0 Å². The van der Waals surface area contributed by atoms with Gasteiger partial charge in [0.15, 0.2) is 0 Å². The Morgan fingerprint density at radius 1 is 1.21 bits per heavy atom. The number of rotatable bonds is 5. The fraction of sp³-hybridized carbons (Fsp3) is 0.588. The van der Waals surface area contributed by atoms with Gasteiger partial charge in [0.2, 0.25) is 5.95 Å². The van der Waals surface area contributed by atoms with Crippen LogP contribution in [0.25, 0.3) is 10.9 Å². The highest BCUT2D eigenvalue weighted by Crippen LogP contribution is 2.14. The van der Waals surface area contributed by atoms with Crippen molar-refractivity contribution in [2.75, 3.05) is 58.8 Å². The van der Waals surface area contributed by atoms with Crippen molar-refractivity contribution >= 4 is 16.9 Å². The third kappa shape index (κ3) is 3.73. The first-order chi connectivity index (χ1) is 11.5. The molecule has 1 saturated heterocycles. The minimum Gasteiger partial charge on any atom is -0.338 e. The first-order valence-corrected chi connectivity index (χ1v) is 8.49. The molecule has 0 radical (unpaired) electrons. The van der Waals surface area contributed by atoms with Gasteiger partial charge < -0.3 is 19.3 Å². The Morgan fingerprint density at radius 3 is 2.67 bits per heavy atom. The predicted molar refractivity (Wildman–Crippen MR) is 96.7 cm³/mol. The predicted octanol–water partition coefficient (Wildman–Crippen LogP) is 0.495. The third-order valence-corrected chi connectivity index (χ3v) is 4.50. The quantitative estimate of drug-likeness (QED) is 0.795. The van der Waals surface area contributed by atoms with E-state index in [1.807, 2.05) is 26.4 Å². The van der Waals surface area contributed by atoms with Crippen molar-refractivity contribution in [1.29, 1.82) is 0 Å². The maximum Gasteiger partial charge on any atom is 0.261 e. The van der Waals surface area contributed by atoms with E-state index in [2.05, 4.69) is 31.7 Å². The van der Waals surface area contributed by atoms with E-state index in [9.17, 15) is 4.79 Å². The van der Waals surface area contributed by atoms with Gasteiger partial charge in [-0.3, -0.25) is 4.79 Å². The average Bonchev–Trinajstić information content (AvgIpc) is 2.57. The summed E-state index contributed by atoms with van der Waals surface area (Å²) in [7, 11) is 6.20. The summed E-state index contributed by atoms with van der Waals surface area (Å²) >= 11 is 0. The summed E-state index contributed by atoms with van der Waals surface area (Å²) in [4.78, 5) is 28.2. The summed E-state index contributed by atoms with van der Waals surface area (Å²) in [5.41, 5.74) is 0.726. The zero-order valence-electron chi connectivity index (χ0n) is 14.8. The molecule has 2 aromatic heterocycles. The molecule has 24 heavy (non-hydrogen) atoms. The molecule has 1 aliphatic heterocycles. The number of pyridine rings is 1. The summed E-state index contributed by atoms with van der Waals surface area (Å²) in [6, 6.07) is 1.92. The average molecular weight is 330 g/mol. The lowest BCUT2D eigenvalue weighted by atomic mass is 10.3. The van der Waals surface area contributed by atoms with Gasteiger partial charge in [-0.15, -0.1) is 0 Å². The Morgan fingerprint density at radius 2 is 1.96 bits per heavy atom. The van der Waals surface area contributed by atoms with Gasteiger partial charge in [-0.2, -0.15) is 0 Å². The van der Waals surface area contributed by atoms with Crippen LogP contribution in [0.3, 0.4) is 0 Å². The Bertz CT molecular complexity index is 748. The Balaban J connectivity index is 1.80. The lowest BCUT2D eigenvalue weighted by Crippen LogP contribution is -2.45. The topological polar surface area (TPSA) is 57.5 Å². The number of hydrogen-bond donors (Lipinski definition) is 0. The Kier molecular flexibility index (Phi) is 5.11. The molecular weight excluding hydrogens is 304 g/mol. The summed E-state index contributed by atoms with van der Waals surface area (Å²) in [6.45, 7) is 5.54. The summed E-state index contributed by atoms with van der Waals surface area (Å²) in [5.74, 6) is 0.723. The van der Waals surface area contributed by atoms with Gasteiger partial charge in [-0.05, 0) is 40.2 Å². The summed E-state index contributed by atoms with van der Waals surface area (Å²) in [5, 5.41) is 0.597. The van der Waals surface area contributed by atoms with Crippen molar-refractivity contribution in [3.05, 3.63) is 28.8 Å². The number of piperazine rings is 1. The standard InChI is InChI=1S/C17H26N6O/c1-20(2)6-4-7-22-8-5-15-14(16(22)24)13-18-17(19-15)23-11-9-21(3)10-12-23/h5,8,13H,4,6-7,9-12H2,1-3H3. The monoisotopic (exact) mass is 330 g/mol. The molecule has 1 fully saturated rings. The highest BCUT2D eigenvalue weighted by Gasteiger charge is 2.17. The molecule has 7 heteroatoms. The van der Waals surface area contributed by atoms with Crippen LogP contribution >= 0.6 is 0 Å². The minimum atomic E-state index is -0.00353. The Hall–Kier alpha value is -1.99. The van der Waals surface area contributed by atoms with Crippen molar-refractivity contribution in [2.45, 2.75) is 13.0 Å². The molecule has 2 aromatic rings. The Labute approximate surface area is 142 Å². The van der Waals surface area contributed by atoms with Gasteiger partial charge in [0.25, 0.3) is 5.56 Å². The number of aryl methyl sites for hydroxylation is 1. The molecular formula is C17H26N6O. The van der Waals surface area contributed by atoms with E-state index in [1.54, 1.807) is 10.8 Å². The first-order valence-electron chi connectivity index (χ1n) is 8.49. The molecule has 130 valence electrons. The second-order valence-corrected chi connectivity index (χ2v) is 6.73. The number of anilines is 1. The number of fused-ring (bicyclic) bond motifs is 1. The molecule has 0 unspecified atom stereocenters. The molecule has 3 rings (SSSR count). The molecule has 0 aromatic carbocycles. The summed E-state index contributed by atoms with van der Waals surface area (Å²) in [6.07, 6.45) is 4.47. The highest BCUT2D eigenvalue weighted by atomic mass is 16.1. The van der Waals surface area contributed by atoms with Crippen molar-refractivity contribution in [1.82, 2.24) is 24.3 Å². The normalized spacial score (nSPS) is 16.2. The second-order valence-electron chi connectivity index (χ2n) is 6.73. The molecule has 0 N–H and O–H groups in total. The van der Waals surface area contributed by atoms with E-state index in [4.69, 9.17) is 0 Å². The van der Waals surface area contributed by atoms with Crippen LogP contribution in [0.15, 0.2) is 23.3 Å². The largest absolute Gasteiger partial charge is 0.338 e. The van der Waals surface area contributed by atoms with Crippen LogP contribution in [0, 0.1) is 0 Å². The van der Waals surface area contributed by atoms with Crippen molar-refractivity contribution in [3.8, 4) is 0 Å². The van der Waals surface area contributed by atoms with E-state index in [0.717, 1.165) is 50.6 Å². The van der Waals surface area contributed by atoms with Crippen LogP contribution in [-0.4, -0.2) is 78.2 Å². The number of likely N-dealkylation sites (N-methyl/N-ethyl adjacent to an activating group) is 1. The summed E-state index contributed by atoms with van der Waals surface area (Å²) < 4.78 is 1.75. The molecule has 0 amide bonds. The van der Waals surface area contributed by atoms with E-state index >= 15 is 0 Å². The molecule has 0 saturated carbocycles. The minimum absolute atomic E-state index is 0.00353. The van der Waals surface area contributed by atoms with Crippen LogP contribution in [0.5, 0.6) is 0 Å². The van der Waals surface area contributed by atoms with Crippen LogP contribution in [0.4, 0.5) is 5.95 Å². The third-order valence-electron chi connectivity index (χ3n) is 4.50. The van der Waals surface area contributed by atoms with Crippen LogP contribution in [0.1, 0.15) is 6.42 Å². The van der Waals surface area contributed by atoms with Crippen LogP contribution in [-0.2, 0) is 6.54 Å². The molecule has 1 aliphatic rings. The van der Waals surface area contributed by atoms with Gasteiger partial charge in [-0.1, -0.05) is 0 Å². The van der Waals surface area contributed by atoms with Gasteiger partial charge in [0.1, 0.15) is 0 Å². The number of nitrogens with zero attached hydrogens (tertiary/aromatic N) is 6. The molecule has 3 heterocycles. The molecule has 0 atom stereocenters. The maximum absolute atomic E-state index is 12.6.